The second-order valence-corrected chi connectivity index (χ2v) is 10.1. The number of benzene rings is 2. The number of nitrogens with two attached hydrogens (primary N) is 1. The van der Waals surface area contributed by atoms with Gasteiger partial charge in [-0.25, -0.2) is 5.14 Å². The van der Waals surface area contributed by atoms with E-state index in [1.54, 1.807) is 6.20 Å². The van der Waals surface area contributed by atoms with E-state index in [1.165, 1.54) is 9.87 Å². The quantitative estimate of drug-likeness (QED) is 0.316. The topological polar surface area (TPSA) is 109 Å². The summed E-state index contributed by atoms with van der Waals surface area (Å²) < 4.78 is 24.2. The summed E-state index contributed by atoms with van der Waals surface area (Å²) in [5, 5.41) is 18.7. The molecule has 0 bridgehead atoms. The van der Waals surface area contributed by atoms with Crippen LogP contribution in [0.3, 0.4) is 0 Å². The standard InChI is InChI=1S/C25H28N4O3S/c1-17-5-3-4-6-23(17)24(14-25(28-30)21-11-12-27-18(2)13-21)20-9-7-19(8-10-20)22-15-29(16-22)33(26,31)32/h3-13,22,24,30H,14-16H2,1-2H3,(H2,26,31,32)/b28-25-. The number of hydrogen-bond donors (Lipinski definition) is 2. The molecule has 1 fully saturated rings. The molecule has 2 aromatic carbocycles. The smallest absolute Gasteiger partial charge is 0.276 e. The van der Waals surface area contributed by atoms with Crippen molar-refractivity contribution < 1.29 is 13.6 Å². The van der Waals surface area contributed by atoms with E-state index >= 15 is 0 Å². The Balaban J connectivity index is 1.63. The van der Waals surface area contributed by atoms with Crippen molar-refractivity contribution in [3.63, 3.8) is 0 Å². The molecule has 0 spiro atoms. The SMILES string of the molecule is Cc1cc(/C(CC(c2ccc(C3CN(S(N)(=O)=O)C3)cc2)c2ccccc2C)=N\O)ccn1. The molecule has 3 aromatic rings. The summed E-state index contributed by atoms with van der Waals surface area (Å²) in [6, 6.07) is 20.3. The summed E-state index contributed by atoms with van der Waals surface area (Å²) in [5.74, 6) is 0.130. The van der Waals surface area contributed by atoms with Crippen molar-refractivity contribution in [1.82, 2.24) is 9.29 Å². The van der Waals surface area contributed by atoms with Crippen LogP contribution in [0, 0.1) is 13.8 Å². The predicted octanol–water partition coefficient (Wildman–Crippen LogP) is 3.70. The van der Waals surface area contributed by atoms with Crippen molar-refractivity contribution in [3.8, 4) is 0 Å². The minimum atomic E-state index is -3.62. The summed E-state index contributed by atoms with van der Waals surface area (Å²) in [7, 11) is -3.62. The number of oxime groups is 1. The van der Waals surface area contributed by atoms with Gasteiger partial charge in [-0.1, -0.05) is 53.7 Å². The molecule has 0 radical (unpaired) electrons. The van der Waals surface area contributed by atoms with Crippen LogP contribution in [0.25, 0.3) is 0 Å². The fourth-order valence-corrected chi connectivity index (χ4v) is 5.15. The van der Waals surface area contributed by atoms with Gasteiger partial charge in [0.2, 0.25) is 0 Å². The lowest BCUT2D eigenvalue weighted by molar-refractivity contribution is 0.264. The third kappa shape index (κ3) is 5.13. The highest BCUT2D eigenvalue weighted by atomic mass is 32.2. The maximum absolute atomic E-state index is 11.5. The molecule has 2 heterocycles. The van der Waals surface area contributed by atoms with E-state index in [0.29, 0.717) is 25.2 Å². The van der Waals surface area contributed by atoms with E-state index in [-0.39, 0.29) is 11.8 Å². The predicted molar refractivity (Wildman–Crippen MR) is 129 cm³/mol. The summed E-state index contributed by atoms with van der Waals surface area (Å²) >= 11 is 0. The Kier molecular flexibility index (Phi) is 6.60. The molecule has 1 aliphatic heterocycles. The zero-order valence-corrected chi connectivity index (χ0v) is 19.5. The van der Waals surface area contributed by atoms with Crippen LogP contribution in [0.1, 0.15) is 51.8 Å². The molecule has 1 unspecified atom stereocenters. The second-order valence-electron chi connectivity index (χ2n) is 8.57. The van der Waals surface area contributed by atoms with Crippen molar-refractivity contribution in [1.29, 1.82) is 0 Å². The molecule has 3 N–H and O–H groups in total. The first-order valence-corrected chi connectivity index (χ1v) is 12.3. The molecule has 8 heteroatoms. The number of aryl methyl sites for hydroxylation is 2. The maximum Gasteiger partial charge on any atom is 0.276 e. The lowest BCUT2D eigenvalue weighted by Crippen LogP contribution is -2.51. The van der Waals surface area contributed by atoms with Crippen LogP contribution >= 0.6 is 0 Å². The Bertz CT molecular complexity index is 1270. The van der Waals surface area contributed by atoms with E-state index in [9.17, 15) is 13.6 Å². The number of aromatic nitrogens is 1. The van der Waals surface area contributed by atoms with Crippen LogP contribution in [0.2, 0.25) is 0 Å². The highest BCUT2D eigenvalue weighted by molar-refractivity contribution is 7.86. The normalized spacial score (nSPS) is 16.4. The van der Waals surface area contributed by atoms with Crippen LogP contribution < -0.4 is 5.14 Å². The molecule has 33 heavy (non-hydrogen) atoms. The molecule has 7 nitrogen and oxygen atoms in total. The molecule has 1 aliphatic rings. The van der Waals surface area contributed by atoms with Crippen LogP contribution in [0.15, 0.2) is 72.0 Å². The van der Waals surface area contributed by atoms with E-state index in [1.807, 2.05) is 31.2 Å². The zero-order chi connectivity index (χ0) is 23.6. The van der Waals surface area contributed by atoms with E-state index in [0.717, 1.165) is 27.9 Å². The zero-order valence-electron chi connectivity index (χ0n) is 18.7. The Morgan fingerprint density at radius 1 is 1.15 bits per heavy atom. The molecule has 1 atom stereocenters. The molecule has 0 amide bonds. The van der Waals surface area contributed by atoms with Crippen LogP contribution in [0.5, 0.6) is 0 Å². The highest BCUT2D eigenvalue weighted by Gasteiger charge is 2.34. The largest absolute Gasteiger partial charge is 0.411 e. The Hall–Kier alpha value is -3.07. The van der Waals surface area contributed by atoms with Crippen molar-refractivity contribution in [2.75, 3.05) is 13.1 Å². The Labute approximate surface area is 194 Å². The van der Waals surface area contributed by atoms with Crippen molar-refractivity contribution in [2.24, 2.45) is 10.3 Å². The minimum absolute atomic E-state index is 0.0121. The van der Waals surface area contributed by atoms with Gasteiger partial charge in [-0.05, 0) is 48.2 Å². The van der Waals surface area contributed by atoms with Crippen molar-refractivity contribution in [2.45, 2.75) is 32.1 Å². The molecule has 4 rings (SSSR count). The Morgan fingerprint density at radius 2 is 1.85 bits per heavy atom. The molecule has 1 saturated heterocycles. The highest BCUT2D eigenvalue weighted by Crippen LogP contribution is 2.34. The lowest BCUT2D eigenvalue weighted by Gasteiger charge is -2.37. The van der Waals surface area contributed by atoms with Gasteiger partial charge in [0, 0.05) is 48.8 Å². The summed E-state index contributed by atoms with van der Waals surface area (Å²) in [6.07, 6.45) is 2.24. The van der Waals surface area contributed by atoms with Crippen molar-refractivity contribution in [3.05, 3.63) is 100 Å². The number of rotatable bonds is 7. The van der Waals surface area contributed by atoms with Gasteiger partial charge in [0.15, 0.2) is 0 Å². The monoisotopic (exact) mass is 464 g/mol. The minimum Gasteiger partial charge on any atom is -0.411 e. The molecule has 1 aromatic heterocycles. The van der Waals surface area contributed by atoms with Gasteiger partial charge >= 0.3 is 0 Å². The first kappa shape index (κ1) is 23.1. The summed E-state index contributed by atoms with van der Waals surface area (Å²) in [6.45, 7) is 4.80. The Morgan fingerprint density at radius 3 is 2.45 bits per heavy atom. The van der Waals surface area contributed by atoms with E-state index in [2.05, 4.69) is 53.5 Å². The maximum atomic E-state index is 11.5. The van der Waals surface area contributed by atoms with Gasteiger partial charge in [-0.15, -0.1) is 0 Å². The molecule has 172 valence electrons. The van der Waals surface area contributed by atoms with Gasteiger partial charge in [0.1, 0.15) is 0 Å². The van der Waals surface area contributed by atoms with Gasteiger partial charge in [-0.2, -0.15) is 12.7 Å². The second kappa shape index (κ2) is 9.43. The van der Waals surface area contributed by atoms with Crippen LogP contribution in [-0.2, 0) is 10.2 Å². The third-order valence-electron chi connectivity index (χ3n) is 6.33. The van der Waals surface area contributed by atoms with E-state index in [4.69, 9.17) is 5.14 Å². The van der Waals surface area contributed by atoms with Gasteiger partial charge in [0.05, 0.1) is 5.71 Å². The average Bonchev–Trinajstić information content (AvgIpc) is 2.74. The molecule has 0 saturated carbocycles. The first-order chi connectivity index (χ1) is 15.8. The summed E-state index contributed by atoms with van der Waals surface area (Å²) in [4.78, 5) is 4.24. The van der Waals surface area contributed by atoms with Crippen LogP contribution in [0.4, 0.5) is 0 Å². The molecular formula is C25H28N4O3S. The van der Waals surface area contributed by atoms with Crippen LogP contribution in [-0.4, -0.2) is 41.7 Å². The first-order valence-electron chi connectivity index (χ1n) is 10.8. The summed E-state index contributed by atoms with van der Waals surface area (Å²) in [5.41, 5.74) is 6.82. The lowest BCUT2D eigenvalue weighted by atomic mass is 9.82. The third-order valence-corrected chi connectivity index (χ3v) is 7.35. The average molecular weight is 465 g/mol. The molecular weight excluding hydrogens is 436 g/mol. The fourth-order valence-electron chi connectivity index (χ4n) is 4.38. The van der Waals surface area contributed by atoms with Crippen molar-refractivity contribution >= 4 is 15.9 Å². The van der Waals surface area contributed by atoms with Gasteiger partial charge in [0.25, 0.3) is 10.2 Å². The number of nitrogens with zero attached hydrogens (tertiary/aromatic N) is 3. The van der Waals surface area contributed by atoms with Gasteiger partial charge in [-0.3, -0.25) is 4.98 Å². The number of pyridine rings is 1. The number of hydrogen-bond acceptors (Lipinski definition) is 5. The molecule has 0 aliphatic carbocycles. The fraction of sp³-hybridized carbons (Fsp3) is 0.280. The van der Waals surface area contributed by atoms with Gasteiger partial charge < -0.3 is 5.21 Å². The van der Waals surface area contributed by atoms with E-state index < -0.39 is 10.2 Å².